The molecule has 2 aliphatic carbocycles. The zero-order chi connectivity index (χ0) is 12.8. The molecule has 2 N–H and O–H groups in total. The van der Waals surface area contributed by atoms with E-state index in [9.17, 15) is 10.2 Å². The third-order valence-corrected chi connectivity index (χ3v) is 5.53. The van der Waals surface area contributed by atoms with Crippen molar-refractivity contribution < 1.29 is 10.2 Å². The molecule has 0 heterocycles. The van der Waals surface area contributed by atoms with Crippen molar-refractivity contribution in [1.82, 2.24) is 0 Å². The Balaban J connectivity index is 2.31. The maximum Gasteiger partial charge on any atom is 0.0623 e. The van der Waals surface area contributed by atoms with Crippen LogP contribution in [-0.4, -0.2) is 21.9 Å². The summed E-state index contributed by atoms with van der Waals surface area (Å²) < 4.78 is 0. The fourth-order valence-corrected chi connectivity index (χ4v) is 4.40. The SMILES string of the molecule is CC1CCCC2(C)CCC(C(C)(C)O)C2C1O. The van der Waals surface area contributed by atoms with E-state index in [2.05, 4.69) is 13.8 Å². The molecule has 0 aliphatic heterocycles. The lowest BCUT2D eigenvalue weighted by atomic mass is 9.68. The van der Waals surface area contributed by atoms with Crippen LogP contribution in [0.4, 0.5) is 0 Å². The molecule has 5 unspecified atom stereocenters. The summed E-state index contributed by atoms with van der Waals surface area (Å²) >= 11 is 0. The average Bonchev–Trinajstić information content (AvgIpc) is 2.49. The van der Waals surface area contributed by atoms with Gasteiger partial charge in [0.15, 0.2) is 0 Å². The standard InChI is InChI=1S/C15H28O2/c1-10-6-5-8-15(4)9-7-11(14(2,3)17)12(15)13(10)16/h10-13,16-17H,5-9H2,1-4H3. The predicted molar refractivity (Wildman–Crippen MR) is 69.6 cm³/mol. The van der Waals surface area contributed by atoms with Crippen molar-refractivity contribution in [3.05, 3.63) is 0 Å². The molecule has 17 heavy (non-hydrogen) atoms. The second-order valence-corrected chi connectivity index (χ2v) is 7.34. The Morgan fingerprint density at radius 3 is 2.41 bits per heavy atom. The topological polar surface area (TPSA) is 40.5 Å². The van der Waals surface area contributed by atoms with Gasteiger partial charge < -0.3 is 10.2 Å². The van der Waals surface area contributed by atoms with Crippen molar-refractivity contribution in [1.29, 1.82) is 0 Å². The second kappa shape index (κ2) is 4.24. The Bertz CT molecular complexity index is 281. The average molecular weight is 240 g/mol. The molecule has 0 aromatic heterocycles. The molecular weight excluding hydrogens is 212 g/mol. The lowest BCUT2D eigenvalue weighted by molar-refractivity contribution is -0.0692. The highest BCUT2D eigenvalue weighted by molar-refractivity contribution is 5.03. The number of aliphatic hydroxyl groups is 2. The maximum absolute atomic E-state index is 10.6. The third kappa shape index (κ3) is 2.26. The van der Waals surface area contributed by atoms with Crippen LogP contribution in [0.5, 0.6) is 0 Å². The summed E-state index contributed by atoms with van der Waals surface area (Å²) in [6, 6.07) is 0. The van der Waals surface area contributed by atoms with Crippen LogP contribution in [0.1, 0.15) is 59.8 Å². The Kier molecular flexibility index (Phi) is 3.33. The molecule has 2 rings (SSSR count). The minimum Gasteiger partial charge on any atom is -0.393 e. The minimum atomic E-state index is -0.659. The van der Waals surface area contributed by atoms with E-state index in [1.807, 2.05) is 13.8 Å². The molecule has 2 aliphatic rings. The fraction of sp³-hybridized carbons (Fsp3) is 1.00. The molecule has 0 radical (unpaired) electrons. The van der Waals surface area contributed by atoms with E-state index in [1.165, 1.54) is 12.8 Å². The molecule has 0 bridgehead atoms. The van der Waals surface area contributed by atoms with Crippen LogP contribution in [-0.2, 0) is 0 Å². The Morgan fingerprint density at radius 2 is 1.82 bits per heavy atom. The van der Waals surface area contributed by atoms with Gasteiger partial charge in [-0.05, 0) is 62.7 Å². The Morgan fingerprint density at radius 1 is 1.18 bits per heavy atom. The summed E-state index contributed by atoms with van der Waals surface area (Å²) in [5.74, 6) is 0.910. The number of fused-ring (bicyclic) bond motifs is 1. The Labute approximate surface area is 105 Å². The molecule has 0 aromatic carbocycles. The van der Waals surface area contributed by atoms with Gasteiger partial charge in [-0.2, -0.15) is 0 Å². The van der Waals surface area contributed by atoms with Crippen molar-refractivity contribution >= 4 is 0 Å². The van der Waals surface area contributed by atoms with Crippen LogP contribution in [0.25, 0.3) is 0 Å². The van der Waals surface area contributed by atoms with Gasteiger partial charge >= 0.3 is 0 Å². The summed E-state index contributed by atoms with van der Waals surface area (Å²) in [5.41, 5.74) is -0.414. The molecule has 5 atom stereocenters. The largest absolute Gasteiger partial charge is 0.393 e. The van der Waals surface area contributed by atoms with Gasteiger partial charge in [0.05, 0.1) is 11.7 Å². The van der Waals surface area contributed by atoms with Crippen molar-refractivity contribution in [3.63, 3.8) is 0 Å². The van der Waals surface area contributed by atoms with Crippen LogP contribution in [0.15, 0.2) is 0 Å². The number of hydrogen-bond donors (Lipinski definition) is 2. The minimum absolute atomic E-state index is 0.235. The molecule has 100 valence electrons. The van der Waals surface area contributed by atoms with Crippen molar-refractivity contribution in [3.8, 4) is 0 Å². The highest BCUT2D eigenvalue weighted by Gasteiger charge is 2.54. The van der Waals surface area contributed by atoms with E-state index in [1.54, 1.807) is 0 Å². The van der Waals surface area contributed by atoms with Crippen molar-refractivity contribution in [2.24, 2.45) is 23.2 Å². The first-order chi connectivity index (χ1) is 7.76. The van der Waals surface area contributed by atoms with Gasteiger partial charge in [0, 0.05) is 0 Å². The van der Waals surface area contributed by atoms with Crippen molar-refractivity contribution in [2.75, 3.05) is 0 Å². The van der Waals surface area contributed by atoms with E-state index in [0.717, 1.165) is 19.3 Å². The molecule has 0 spiro atoms. The molecule has 2 nitrogen and oxygen atoms in total. The lowest BCUT2D eigenvalue weighted by Crippen LogP contribution is -2.44. The normalized spacial score (nSPS) is 47.6. The Hall–Kier alpha value is -0.0800. The summed E-state index contributed by atoms with van der Waals surface area (Å²) in [7, 11) is 0. The van der Waals surface area contributed by atoms with Crippen LogP contribution < -0.4 is 0 Å². The molecule has 0 amide bonds. The van der Waals surface area contributed by atoms with Gasteiger partial charge in [-0.15, -0.1) is 0 Å². The van der Waals surface area contributed by atoms with E-state index >= 15 is 0 Å². The summed E-state index contributed by atoms with van der Waals surface area (Å²) in [5, 5.41) is 21.0. The van der Waals surface area contributed by atoms with Gasteiger partial charge in [-0.3, -0.25) is 0 Å². The first kappa shape index (κ1) is 13.4. The molecular formula is C15H28O2. The smallest absolute Gasteiger partial charge is 0.0623 e. The van der Waals surface area contributed by atoms with Gasteiger partial charge in [0.25, 0.3) is 0 Å². The highest BCUT2D eigenvalue weighted by atomic mass is 16.3. The van der Waals surface area contributed by atoms with Gasteiger partial charge in [0.1, 0.15) is 0 Å². The summed E-state index contributed by atoms with van der Waals surface area (Å²) in [6.07, 6.45) is 5.56. The fourth-order valence-electron chi connectivity index (χ4n) is 4.40. The zero-order valence-electron chi connectivity index (χ0n) is 11.7. The van der Waals surface area contributed by atoms with E-state index < -0.39 is 5.60 Å². The van der Waals surface area contributed by atoms with Gasteiger partial charge in [0.2, 0.25) is 0 Å². The van der Waals surface area contributed by atoms with E-state index in [4.69, 9.17) is 0 Å². The number of aliphatic hydroxyl groups excluding tert-OH is 1. The van der Waals surface area contributed by atoms with Gasteiger partial charge in [-0.25, -0.2) is 0 Å². The first-order valence-electron chi connectivity index (χ1n) is 7.16. The van der Waals surface area contributed by atoms with Crippen molar-refractivity contribution in [2.45, 2.75) is 71.5 Å². The summed E-state index contributed by atoms with van der Waals surface area (Å²) in [6.45, 7) is 8.30. The van der Waals surface area contributed by atoms with Crippen LogP contribution in [0, 0.1) is 23.2 Å². The monoisotopic (exact) mass is 240 g/mol. The first-order valence-corrected chi connectivity index (χ1v) is 7.16. The molecule has 2 heteroatoms. The van der Waals surface area contributed by atoms with Crippen LogP contribution in [0.2, 0.25) is 0 Å². The van der Waals surface area contributed by atoms with E-state index in [-0.39, 0.29) is 23.4 Å². The van der Waals surface area contributed by atoms with Crippen LogP contribution >= 0.6 is 0 Å². The van der Waals surface area contributed by atoms with Gasteiger partial charge in [-0.1, -0.05) is 20.3 Å². The predicted octanol–water partition coefficient (Wildman–Crippen LogP) is 2.97. The summed E-state index contributed by atoms with van der Waals surface area (Å²) in [4.78, 5) is 0. The molecule has 2 saturated carbocycles. The third-order valence-electron chi connectivity index (χ3n) is 5.53. The molecule has 0 aromatic rings. The second-order valence-electron chi connectivity index (χ2n) is 7.34. The molecule has 0 saturated heterocycles. The van der Waals surface area contributed by atoms with Crippen LogP contribution in [0.3, 0.4) is 0 Å². The molecule has 2 fully saturated rings. The zero-order valence-corrected chi connectivity index (χ0v) is 11.7. The maximum atomic E-state index is 10.6. The number of hydrogen-bond acceptors (Lipinski definition) is 2. The highest BCUT2D eigenvalue weighted by Crippen LogP contribution is 2.57. The quantitative estimate of drug-likeness (QED) is 0.740. The lowest BCUT2D eigenvalue weighted by Gasteiger charge is -2.41. The van der Waals surface area contributed by atoms with E-state index in [0.29, 0.717) is 5.92 Å². The number of rotatable bonds is 1.